The van der Waals surface area contributed by atoms with Crippen molar-refractivity contribution in [1.29, 1.82) is 0 Å². The standard InChI is InChI=1S/C23H18N2/c1-3-11-21(12-4-1)25(22-13-5-2-6-14-22)23-15-7-9-19(17-23)20-10-8-16-24-18-20/h1-18H. The molecule has 0 aliphatic carbocycles. The van der Waals surface area contributed by atoms with Crippen LogP contribution in [0.5, 0.6) is 0 Å². The highest BCUT2D eigenvalue weighted by atomic mass is 15.1. The molecule has 4 aromatic rings. The third-order valence-corrected chi connectivity index (χ3v) is 4.13. The Kier molecular flexibility index (Phi) is 4.25. The van der Waals surface area contributed by atoms with Crippen molar-refractivity contribution in [3.8, 4) is 11.1 Å². The maximum absolute atomic E-state index is 4.24. The summed E-state index contributed by atoms with van der Waals surface area (Å²) < 4.78 is 0. The summed E-state index contributed by atoms with van der Waals surface area (Å²) in [7, 11) is 0. The summed E-state index contributed by atoms with van der Waals surface area (Å²) in [5.41, 5.74) is 5.67. The molecule has 2 nitrogen and oxygen atoms in total. The van der Waals surface area contributed by atoms with Crippen LogP contribution in [0.2, 0.25) is 0 Å². The van der Waals surface area contributed by atoms with Gasteiger partial charge in [0, 0.05) is 35.0 Å². The first-order valence-corrected chi connectivity index (χ1v) is 8.32. The average molecular weight is 322 g/mol. The summed E-state index contributed by atoms with van der Waals surface area (Å²) in [6.07, 6.45) is 3.70. The molecule has 0 aliphatic rings. The van der Waals surface area contributed by atoms with Crippen LogP contribution in [0.4, 0.5) is 17.1 Å². The molecule has 0 saturated heterocycles. The first kappa shape index (κ1) is 15.2. The van der Waals surface area contributed by atoms with Crippen LogP contribution in [-0.4, -0.2) is 4.98 Å². The maximum atomic E-state index is 4.24. The summed E-state index contributed by atoms with van der Waals surface area (Å²) in [4.78, 5) is 6.50. The zero-order chi connectivity index (χ0) is 16.9. The van der Waals surface area contributed by atoms with Gasteiger partial charge >= 0.3 is 0 Å². The van der Waals surface area contributed by atoms with Crippen molar-refractivity contribution in [1.82, 2.24) is 4.98 Å². The second-order valence-electron chi connectivity index (χ2n) is 5.80. The fraction of sp³-hybridized carbons (Fsp3) is 0. The van der Waals surface area contributed by atoms with Crippen molar-refractivity contribution < 1.29 is 0 Å². The van der Waals surface area contributed by atoms with Gasteiger partial charge in [0.05, 0.1) is 0 Å². The van der Waals surface area contributed by atoms with Gasteiger partial charge in [-0.05, 0) is 48.0 Å². The molecule has 1 heterocycles. The van der Waals surface area contributed by atoms with Gasteiger partial charge < -0.3 is 4.90 Å². The van der Waals surface area contributed by atoms with E-state index in [2.05, 4.69) is 88.7 Å². The summed E-state index contributed by atoms with van der Waals surface area (Å²) in [6.45, 7) is 0. The van der Waals surface area contributed by atoms with Crippen molar-refractivity contribution in [2.45, 2.75) is 0 Å². The van der Waals surface area contributed by atoms with Crippen molar-refractivity contribution in [2.75, 3.05) is 4.90 Å². The normalized spacial score (nSPS) is 10.4. The molecule has 0 N–H and O–H groups in total. The molecule has 0 radical (unpaired) electrons. The molecule has 4 rings (SSSR count). The van der Waals surface area contributed by atoms with Crippen molar-refractivity contribution >= 4 is 17.1 Å². The Hall–Kier alpha value is -3.39. The number of hydrogen-bond donors (Lipinski definition) is 0. The van der Waals surface area contributed by atoms with E-state index in [0.717, 1.165) is 28.2 Å². The first-order chi connectivity index (χ1) is 12.4. The van der Waals surface area contributed by atoms with Crippen LogP contribution in [0.15, 0.2) is 109 Å². The SMILES string of the molecule is c1ccc(N(c2ccccc2)c2cccc(-c3cccnc3)c2)cc1. The zero-order valence-corrected chi connectivity index (χ0v) is 13.8. The molecule has 0 amide bonds. The summed E-state index contributed by atoms with van der Waals surface area (Å²) >= 11 is 0. The van der Waals surface area contributed by atoms with Gasteiger partial charge in [-0.25, -0.2) is 0 Å². The van der Waals surface area contributed by atoms with E-state index in [1.165, 1.54) is 0 Å². The highest BCUT2D eigenvalue weighted by Crippen LogP contribution is 2.35. The highest BCUT2D eigenvalue weighted by Gasteiger charge is 2.12. The lowest BCUT2D eigenvalue weighted by Crippen LogP contribution is -2.09. The molecule has 25 heavy (non-hydrogen) atoms. The Bertz CT molecular complexity index is 896. The van der Waals surface area contributed by atoms with E-state index >= 15 is 0 Å². The second-order valence-corrected chi connectivity index (χ2v) is 5.80. The van der Waals surface area contributed by atoms with Crippen molar-refractivity contribution in [3.05, 3.63) is 109 Å². The Morgan fingerprint density at radius 3 is 1.72 bits per heavy atom. The minimum absolute atomic E-state index is 1.12. The Morgan fingerprint density at radius 1 is 0.520 bits per heavy atom. The van der Waals surface area contributed by atoms with E-state index in [1.807, 2.05) is 24.4 Å². The Morgan fingerprint density at radius 2 is 1.12 bits per heavy atom. The van der Waals surface area contributed by atoms with Gasteiger partial charge in [0.2, 0.25) is 0 Å². The summed E-state index contributed by atoms with van der Waals surface area (Å²) in [5.74, 6) is 0. The molecular weight excluding hydrogens is 304 g/mol. The van der Waals surface area contributed by atoms with E-state index in [9.17, 15) is 0 Å². The third-order valence-electron chi connectivity index (χ3n) is 4.13. The monoisotopic (exact) mass is 322 g/mol. The van der Waals surface area contributed by atoms with Crippen LogP contribution in [0.1, 0.15) is 0 Å². The number of rotatable bonds is 4. The molecule has 1 aromatic heterocycles. The van der Waals surface area contributed by atoms with Gasteiger partial charge in [-0.15, -0.1) is 0 Å². The summed E-state index contributed by atoms with van der Waals surface area (Å²) in [6, 6.07) is 33.5. The topological polar surface area (TPSA) is 16.1 Å². The lowest BCUT2D eigenvalue weighted by molar-refractivity contribution is 1.28. The molecular formula is C23H18N2. The number of benzene rings is 3. The molecule has 2 heteroatoms. The lowest BCUT2D eigenvalue weighted by Gasteiger charge is -2.25. The number of para-hydroxylation sites is 2. The Labute approximate surface area is 148 Å². The zero-order valence-electron chi connectivity index (χ0n) is 13.8. The van der Waals surface area contributed by atoms with Gasteiger partial charge in [-0.3, -0.25) is 4.98 Å². The van der Waals surface area contributed by atoms with Gasteiger partial charge in [-0.2, -0.15) is 0 Å². The van der Waals surface area contributed by atoms with Crippen LogP contribution in [0, 0.1) is 0 Å². The number of aromatic nitrogens is 1. The molecule has 0 unspecified atom stereocenters. The van der Waals surface area contributed by atoms with Crippen LogP contribution >= 0.6 is 0 Å². The van der Waals surface area contributed by atoms with Gasteiger partial charge in [0.1, 0.15) is 0 Å². The largest absolute Gasteiger partial charge is 0.310 e. The maximum Gasteiger partial charge on any atom is 0.0467 e. The smallest absolute Gasteiger partial charge is 0.0467 e. The van der Waals surface area contributed by atoms with Gasteiger partial charge in [0.25, 0.3) is 0 Å². The number of hydrogen-bond acceptors (Lipinski definition) is 2. The van der Waals surface area contributed by atoms with Crippen LogP contribution in [0.3, 0.4) is 0 Å². The molecule has 3 aromatic carbocycles. The molecule has 0 atom stereocenters. The van der Waals surface area contributed by atoms with Gasteiger partial charge in [0.15, 0.2) is 0 Å². The first-order valence-electron chi connectivity index (χ1n) is 8.32. The number of anilines is 3. The van der Waals surface area contributed by atoms with E-state index in [4.69, 9.17) is 0 Å². The van der Waals surface area contributed by atoms with E-state index in [-0.39, 0.29) is 0 Å². The van der Waals surface area contributed by atoms with Crippen LogP contribution in [-0.2, 0) is 0 Å². The molecule has 0 saturated carbocycles. The quantitative estimate of drug-likeness (QED) is 0.443. The highest BCUT2D eigenvalue weighted by molar-refractivity contribution is 5.79. The predicted octanol–water partition coefficient (Wildman–Crippen LogP) is 6.22. The molecule has 120 valence electrons. The van der Waals surface area contributed by atoms with Crippen molar-refractivity contribution in [3.63, 3.8) is 0 Å². The summed E-state index contributed by atoms with van der Waals surface area (Å²) in [5, 5.41) is 0. The number of pyridine rings is 1. The molecule has 0 spiro atoms. The van der Waals surface area contributed by atoms with Crippen LogP contribution in [0.25, 0.3) is 11.1 Å². The van der Waals surface area contributed by atoms with Crippen molar-refractivity contribution in [2.24, 2.45) is 0 Å². The molecule has 0 bridgehead atoms. The fourth-order valence-corrected chi connectivity index (χ4v) is 2.96. The molecule has 0 fully saturated rings. The minimum atomic E-state index is 1.12. The molecule has 0 aliphatic heterocycles. The fourth-order valence-electron chi connectivity index (χ4n) is 2.96. The van der Waals surface area contributed by atoms with E-state index < -0.39 is 0 Å². The van der Waals surface area contributed by atoms with E-state index in [1.54, 1.807) is 6.20 Å². The third kappa shape index (κ3) is 3.29. The second kappa shape index (κ2) is 7.02. The van der Waals surface area contributed by atoms with E-state index in [0.29, 0.717) is 0 Å². The average Bonchev–Trinajstić information content (AvgIpc) is 2.71. The predicted molar refractivity (Wildman–Crippen MR) is 104 cm³/mol. The lowest BCUT2D eigenvalue weighted by atomic mass is 10.1. The minimum Gasteiger partial charge on any atom is -0.310 e. The number of nitrogens with zero attached hydrogens (tertiary/aromatic N) is 2. The van der Waals surface area contributed by atoms with Crippen LogP contribution < -0.4 is 4.90 Å². The van der Waals surface area contributed by atoms with Gasteiger partial charge in [-0.1, -0.05) is 54.6 Å². The Balaban J connectivity index is 1.83.